The molecule has 0 aliphatic carbocycles. The van der Waals surface area contributed by atoms with Crippen molar-refractivity contribution in [1.82, 2.24) is 15.0 Å². The number of hydrogen-bond donors (Lipinski definition) is 2. The molecule has 2 heterocycles. The van der Waals surface area contributed by atoms with Gasteiger partial charge in [0.2, 0.25) is 5.95 Å². The van der Waals surface area contributed by atoms with Gasteiger partial charge in [-0.15, -0.1) is 0 Å². The Bertz CT molecular complexity index is 915. The summed E-state index contributed by atoms with van der Waals surface area (Å²) in [6.07, 6.45) is 2.99. The van der Waals surface area contributed by atoms with Gasteiger partial charge >= 0.3 is 0 Å². The first kappa shape index (κ1) is 14.4. The molecule has 6 nitrogen and oxygen atoms in total. The molecule has 7 heteroatoms. The van der Waals surface area contributed by atoms with Crippen LogP contribution in [0.1, 0.15) is 5.56 Å². The van der Waals surface area contributed by atoms with E-state index in [-0.39, 0.29) is 23.1 Å². The molecule has 0 amide bonds. The third kappa shape index (κ3) is 2.78. The summed E-state index contributed by atoms with van der Waals surface area (Å²) in [6.45, 7) is 0. The Morgan fingerprint density at radius 1 is 1.04 bits per heavy atom. The molecule has 0 fully saturated rings. The molecule has 0 bridgehead atoms. The van der Waals surface area contributed by atoms with E-state index in [0.717, 1.165) is 0 Å². The minimum Gasteiger partial charge on any atom is -0.383 e. The van der Waals surface area contributed by atoms with E-state index in [9.17, 15) is 9.65 Å². The fourth-order valence-corrected chi connectivity index (χ4v) is 2.18. The summed E-state index contributed by atoms with van der Waals surface area (Å²) >= 11 is 0. The molecule has 0 saturated heterocycles. The van der Waals surface area contributed by atoms with Crippen LogP contribution in [0, 0.1) is 17.1 Å². The molecule has 0 aliphatic rings. The van der Waals surface area contributed by atoms with Crippen LogP contribution < -0.4 is 11.5 Å². The molecule has 112 valence electrons. The summed E-state index contributed by atoms with van der Waals surface area (Å²) in [6, 6.07) is 9.64. The second-order valence-electron chi connectivity index (χ2n) is 4.77. The molecule has 2 aromatic heterocycles. The number of pyridine rings is 1. The van der Waals surface area contributed by atoms with Gasteiger partial charge in [-0.3, -0.25) is 0 Å². The SMILES string of the molecule is N#Cc1c(-c2cnc(N)nc2)cc(-c2cccc(F)c2)nc1N. The van der Waals surface area contributed by atoms with Crippen molar-refractivity contribution in [1.29, 1.82) is 5.26 Å². The van der Waals surface area contributed by atoms with Crippen LogP contribution in [0.15, 0.2) is 42.7 Å². The molecular weight excluding hydrogens is 295 g/mol. The Morgan fingerprint density at radius 3 is 2.43 bits per heavy atom. The Balaban J connectivity index is 2.22. The lowest BCUT2D eigenvalue weighted by molar-refractivity contribution is 0.628. The monoisotopic (exact) mass is 306 g/mol. The lowest BCUT2D eigenvalue weighted by atomic mass is 10.0. The van der Waals surface area contributed by atoms with Crippen LogP contribution in [0.4, 0.5) is 16.2 Å². The van der Waals surface area contributed by atoms with E-state index in [1.54, 1.807) is 18.2 Å². The van der Waals surface area contributed by atoms with Gasteiger partial charge in [-0.2, -0.15) is 5.26 Å². The smallest absolute Gasteiger partial charge is 0.219 e. The maximum absolute atomic E-state index is 13.4. The number of benzene rings is 1. The Kier molecular flexibility index (Phi) is 3.57. The van der Waals surface area contributed by atoms with E-state index in [1.807, 2.05) is 6.07 Å². The standard InChI is InChI=1S/C16H11FN6/c17-11-3-1-2-9(4-11)14-5-12(13(6-18)15(19)23-14)10-7-21-16(20)22-8-10/h1-5,7-8H,(H2,19,23)(H2,20,21,22). The van der Waals surface area contributed by atoms with Crippen LogP contribution >= 0.6 is 0 Å². The summed E-state index contributed by atoms with van der Waals surface area (Å²) < 4.78 is 13.4. The van der Waals surface area contributed by atoms with Crippen LogP contribution in [0.2, 0.25) is 0 Å². The maximum atomic E-state index is 13.4. The molecule has 0 aliphatic heterocycles. The average molecular weight is 306 g/mol. The first-order valence-electron chi connectivity index (χ1n) is 6.63. The van der Waals surface area contributed by atoms with E-state index in [4.69, 9.17) is 11.5 Å². The van der Waals surface area contributed by atoms with Crippen molar-refractivity contribution in [2.45, 2.75) is 0 Å². The van der Waals surface area contributed by atoms with Crippen molar-refractivity contribution in [3.05, 3.63) is 54.1 Å². The van der Waals surface area contributed by atoms with Gasteiger partial charge in [0.15, 0.2) is 0 Å². The summed E-state index contributed by atoms with van der Waals surface area (Å²) in [5.41, 5.74) is 13.7. The van der Waals surface area contributed by atoms with Crippen molar-refractivity contribution in [3.8, 4) is 28.5 Å². The number of aromatic nitrogens is 3. The minimum atomic E-state index is -0.385. The quantitative estimate of drug-likeness (QED) is 0.751. The highest BCUT2D eigenvalue weighted by Crippen LogP contribution is 2.30. The highest BCUT2D eigenvalue weighted by molar-refractivity contribution is 5.79. The number of nitrogens with two attached hydrogens (primary N) is 2. The molecule has 3 rings (SSSR count). The van der Waals surface area contributed by atoms with Crippen LogP contribution in [0.5, 0.6) is 0 Å². The van der Waals surface area contributed by atoms with Gasteiger partial charge in [-0.25, -0.2) is 19.3 Å². The molecule has 4 N–H and O–H groups in total. The lowest BCUT2D eigenvalue weighted by Crippen LogP contribution is -2.01. The van der Waals surface area contributed by atoms with Crippen molar-refractivity contribution in [2.24, 2.45) is 0 Å². The molecule has 0 unspecified atom stereocenters. The van der Waals surface area contributed by atoms with E-state index in [1.165, 1.54) is 24.5 Å². The predicted octanol–water partition coefficient (Wildman–Crippen LogP) is 2.38. The summed E-state index contributed by atoms with van der Waals surface area (Å²) in [5, 5.41) is 9.33. The van der Waals surface area contributed by atoms with Gasteiger partial charge in [0.25, 0.3) is 0 Å². The van der Waals surface area contributed by atoms with Gasteiger partial charge in [0.05, 0.1) is 5.69 Å². The molecule has 23 heavy (non-hydrogen) atoms. The number of nitriles is 1. The number of hydrogen-bond acceptors (Lipinski definition) is 6. The number of nitrogen functional groups attached to an aromatic ring is 2. The molecule has 3 aromatic rings. The second-order valence-corrected chi connectivity index (χ2v) is 4.77. The zero-order valence-corrected chi connectivity index (χ0v) is 11.9. The van der Waals surface area contributed by atoms with Crippen LogP contribution in [0.3, 0.4) is 0 Å². The third-order valence-corrected chi connectivity index (χ3v) is 3.26. The van der Waals surface area contributed by atoms with Crippen LogP contribution in [-0.2, 0) is 0 Å². The largest absolute Gasteiger partial charge is 0.383 e. The van der Waals surface area contributed by atoms with Crippen molar-refractivity contribution in [3.63, 3.8) is 0 Å². The predicted molar refractivity (Wildman–Crippen MR) is 84.2 cm³/mol. The highest BCUT2D eigenvalue weighted by atomic mass is 19.1. The van der Waals surface area contributed by atoms with E-state index in [0.29, 0.717) is 22.4 Å². The second kappa shape index (κ2) is 5.69. The highest BCUT2D eigenvalue weighted by Gasteiger charge is 2.14. The Morgan fingerprint density at radius 2 is 1.78 bits per heavy atom. The summed E-state index contributed by atoms with van der Waals surface area (Å²) in [4.78, 5) is 12.0. The van der Waals surface area contributed by atoms with Gasteiger partial charge in [-0.05, 0) is 18.2 Å². The molecule has 0 atom stereocenters. The molecular formula is C16H11FN6. The lowest BCUT2D eigenvalue weighted by Gasteiger charge is -2.10. The number of nitrogens with zero attached hydrogens (tertiary/aromatic N) is 4. The van der Waals surface area contributed by atoms with Crippen LogP contribution in [-0.4, -0.2) is 15.0 Å². The first-order chi connectivity index (χ1) is 11.1. The van der Waals surface area contributed by atoms with Gasteiger partial charge < -0.3 is 11.5 Å². The fraction of sp³-hybridized carbons (Fsp3) is 0. The van der Waals surface area contributed by atoms with Crippen molar-refractivity contribution < 1.29 is 4.39 Å². The molecule has 0 radical (unpaired) electrons. The third-order valence-electron chi connectivity index (χ3n) is 3.26. The van der Waals surface area contributed by atoms with Gasteiger partial charge in [0, 0.05) is 29.1 Å². The number of anilines is 2. The van der Waals surface area contributed by atoms with Gasteiger partial charge in [0.1, 0.15) is 23.3 Å². The summed E-state index contributed by atoms with van der Waals surface area (Å²) in [5.74, 6) is -0.203. The Hall–Kier alpha value is -3.53. The zero-order chi connectivity index (χ0) is 16.4. The Labute approximate surface area is 131 Å². The average Bonchev–Trinajstić information content (AvgIpc) is 2.55. The van der Waals surface area contributed by atoms with E-state index >= 15 is 0 Å². The van der Waals surface area contributed by atoms with Crippen molar-refractivity contribution >= 4 is 11.8 Å². The fourth-order valence-electron chi connectivity index (χ4n) is 2.18. The molecule has 1 aromatic carbocycles. The van der Waals surface area contributed by atoms with Crippen molar-refractivity contribution in [2.75, 3.05) is 11.5 Å². The zero-order valence-electron chi connectivity index (χ0n) is 11.9. The van der Waals surface area contributed by atoms with E-state index in [2.05, 4.69) is 15.0 Å². The summed E-state index contributed by atoms with van der Waals surface area (Å²) in [7, 11) is 0. The maximum Gasteiger partial charge on any atom is 0.219 e. The number of rotatable bonds is 2. The topological polar surface area (TPSA) is 114 Å². The molecule has 0 spiro atoms. The minimum absolute atomic E-state index is 0.0566. The molecule has 0 saturated carbocycles. The first-order valence-corrected chi connectivity index (χ1v) is 6.63. The van der Waals surface area contributed by atoms with Gasteiger partial charge in [-0.1, -0.05) is 12.1 Å². The van der Waals surface area contributed by atoms with Crippen LogP contribution in [0.25, 0.3) is 22.4 Å². The number of halogens is 1. The van der Waals surface area contributed by atoms with E-state index < -0.39 is 0 Å². The normalized spacial score (nSPS) is 10.3.